The Bertz CT molecular complexity index is 540. The molecule has 0 aliphatic carbocycles. The van der Waals surface area contributed by atoms with E-state index in [1.54, 1.807) is 12.3 Å². The van der Waals surface area contributed by atoms with Crippen LogP contribution in [0.2, 0.25) is 0 Å². The van der Waals surface area contributed by atoms with Gasteiger partial charge in [-0.15, -0.1) is 12.4 Å². The summed E-state index contributed by atoms with van der Waals surface area (Å²) in [5.74, 6) is 0.735. The number of halogens is 2. The van der Waals surface area contributed by atoms with E-state index in [1.807, 2.05) is 6.07 Å². The highest BCUT2D eigenvalue weighted by Gasteiger charge is 2.25. The lowest BCUT2D eigenvalue weighted by Crippen LogP contribution is -2.33. The maximum atomic E-state index is 13.6. The average Bonchev–Trinajstić information content (AvgIpc) is 2.76. The highest BCUT2D eigenvalue weighted by atomic mass is 35.5. The van der Waals surface area contributed by atoms with Crippen LogP contribution in [0.15, 0.2) is 28.9 Å². The third-order valence-corrected chi connectivity index (χ3v) is 3.73. The molecule has 1 N–H and O–H groups in total. The molecule has 3 rings (SSSR count). The number of rotatable bonds is 1. The number of benzene rings is 1. The predicted octanol–water partition coefficient (Wildman–Crippen LogP) is 3.71. The van der Waals surface area contributed by atoms with Crippen LogP contribution in [0.5, 0.6) is 0 Å². The number of hydrogen-bond donors (Lipinski definition) is 1. The molecule has 18 heavy (non-hydrogen) atoms. The van der Waals surface area contributed by atoms with E-state index in [0.29, 0.717) is 11.8 Å². The van der Waals surface area contributed by atoms with E-state index in [1.165, 1.54) is 6.07 Å². The van der Waals surface area contributed by atoms with E-state index in [4.69, 9.17) is 4.42 Å². The molecule has 0 bridgehead atoms. The van der Waals surface area contributed by atoms with Crippen molar-refractivity contribution in [3.8, 4) is 0 Å². The van der Waals surface area contributed by atoms with Crippen LogP contribution >= 0.6 is 12.4 Å². The van der Waals surface area contributed by atoms with Crippen LogP contribution in [0.3, 0.4) is 0 Å². The second-order valence-corrected chi connectivity index (χ2v) is 4.91. The van der Waals surface area contributed by atoms with Crippen LogP contribution in [0.4, 0.5) is 4.39 Å². The van der Waals surface area contributed by atoms with Gasteiger partial charge in [0.25, 0.3) is 0 Å². The van der Waals surface area contributed by atoms with E-state index in [2.05, 4.69) is 12.2 Å². The standard InChI is InChI=1S/C14H16FNO.ClH/c1-9-8-16-4-2-12(9)13-7-11(15)6-10-3-5-17-14(10)13;/h3,5-7,9,12,16H,2,4,8H2,1H3;1H/t9-,12+;/m0./s1. The summed E-state index contributed by atoms with van der Waals surface area (Å²) >= 11 is 0. The fourth-order valence-electron chi connectivity index (χ4n) is 2.82. The molecule has 1 aliphatic heterocycles. The van der Waals surface area contributed by atoms with Crippen molar-refractivity contribution in [3.05, 3.63) is 35.8 Å². The molecule has 98 valence electrons. The molecule has 1 aromatic carbocycles. The summed E-state index contributed by atoms with van der Waals surface area (Å²) in [5, 5.41) is 4.23. The fraction of sp³-hybridized carbons (Fsp3) is 0.429. The Morgan fingerprint density at radius 2 is 2.22 bits per heavy atom. The molecule has 2 atom stereocenters. The molecule has 2 aromatic rings. The molecule has 0 spiro atoms. The molecule has 1 fully saturated rings. The zero-order valence-corrected chi connectivity index (χ0v) is 11.1. The van der Waals surface area contributed by atoms with Crippen LogP contribution in [-0.4, -0.2) is 13.1 Å². The van der Waals surface area contributed by atoms with Gasteiger partial charge in [0.2, 0.25) is 0 Å². The largest absolute Gasteiger partial charge is 0.464 e. The summed E-state index contributed by atoms with van der Waals surface area (Å²) in [6, 6.07) is 5.00. The maximum absolute atomic E-state index is 13.6. The van der Waals surface area contributed by atoms with E-state index in [0.717, 1.165) is 36.0 Å². The van der Waals surface area contributed by atoms with Gasteiger partial charge >= 0.3 is 0 Å². The fourth-order valence-corrected chi connectivity index (χ4v) is 2.82. The highest BCUT2D eigenvalue weighted by Crippen LogP contribution is 2.35. The van der Waals surface area contributed by atoms with Crippen LogP contribution in [-0.2, 0) is 0 Å². The van der Waals surface area contributed by atoms with Gasteiger partial charge in [0.15, 0.2) is 0 Å². The van der Waals surface area contributed by atoms with E-state index in [-0.39, 0.29) is 18.2 Å². The summed E-state index contributed by atoms with van der Waals surface area (Å²) in [6.07, 6.45) is 2.68. The maximum Gasteiger partial charge on any atom is 0.137 e. The molecule has 0 saturated carbocycles. The topological polar surface area (TPSA) is 25.2 Å². The summed E-state index contributed by atoms with van der Waals surface area (Å²) in [6.45, 7) is 4.19. The van der Waals surface area contributed by atoms with Crippen molar-refractivity contribution < 1.29 is 8.81 Å². The highest BCUT2D eigenvalue weighted by molar-refractivity contribution is 5.85. The van der Waals surface area contributed by atoms with Gasteiger partial charge in [-0.05, 0) is 49.5 Å². The molecule has 4 heteroatoms. The minimum atomic E-state index is -0.167. The quantitative estimate of drug-likeness (QED) is 0.854. The van der Waals surface area contributed by atoms with Gasteiger partial charge in [0, 0.05) is 10.9 Å². The van der Waals surface area contributed by atoms with Gasteiger partial charge in [-0.3, -0.25) is 0 Å². The molecular weight excluding hydrogens is 253 g/mol. The zero-order chi connectivity index (χ0) is 11.8. The van der Waals surface area contributed by atoms with E-state index >= 15 is 0 Å². The van der Waals surface area contributed by atoms with Gasteiger partial charge in [0.05, 0.1) is 6.26 Å². The number of furan rings is 1. The summed E-state index contributed by atoms with van der Waals surface area (Å²) in [4.78, 5) is 0. The van der Waals surface area contributed by atoms with Crippen molar-refractivity contribution in [2.45, 2.75) is 19.3 Å². The van der Waals surface area contributed by atoms with Crippen molar-refractivity contribution in [3.63, 3.8) is 0 Å². The Morgan fingerprint density at radius 3 is 3.00 bits per heavy atom. The Kier molecular flexibility index (Phi) is 3.93. The Labute approximate surface area is 112 Å². The third-order valence-electron chi connectivity index (χ3n) is 3.73. The Hall–Kier alpha value is -1.06. The third kappa shape index (κ3) is 2.25. The molecule has 2 heterocycles. The lowest BCUT2D eigenvalue weighted by atomic mass is 9.82. The first-order valence-electron chi connectivity index (χ1n) is 6.13. The summed E-state index contributed by atoms with van der Waals surface area (Å²) < 4.78 is 19.1. The van der Waals surface area contributed by atoms with Crippen LogP contribution in [0.1, 0.15) is 24.8 Å². The van der Waals surface area contributed by atoms with Crippen molar-refractivity contribution in [2.24, 2.45) is 5.92 Å². The molecular formula is C14H17ClFNO. The minimum absolute atomic E-state index is 0. The van der Waals surface area contributed by atoms with Crippen LogP contribution < -0.4 is 5.32 Å². The molecule has 1 aliphatic rings. The molecule has 1 saturated heterocycles. The first-order chi connectivity index (χ1) is 8.25. The van der Waals surface area contributed by atoms with Crippen molar-refractivity contribution >= 4 is 23.4 Å². The number of fused-ring (bicyclic) bond motifs is 1. The summed E-state index contributed by atoms with van der Waals surface area (Å²) in [5.41, 5.74) is 1.88. The molecule has 2 nitrogen and oxygen atoms in total. The second-order valence-electron chi connectivity index (χ2n) is 4.91. The number of nitrogens with one attached hydrogen (secondary N) is 1. The number of piperidine rings is 1. The van der Waals surface area contributed by atoms with Crippen molar-refractivity contribution in [1.82, 2.24) is 5.32 Å². The van der Waals surface area contributed by atoms with E-state index < -0.39 is 0 Å². The average molecular weight is 270 g/mol. The second kappa shape index (κ2) is 5.29. The lowest BCUT2D eigenvalue weighted by Gasteiger charge is -2.29. The van der Waals surface area contributed by atoms with Gasteiger partial charge in [-0.25, -0.2) is 4.39 Å². The van der Waals surface area contributed by atoms with Crippen LogP contribution in [0.25, 0.3) is 11.0 Å². The van der Waals surface area contributed by atoms with Crippen molar-refractivity contribution in [1.29, 1.82) is 0 Å². The molecule has 0 amide bonds. The SMILES string of the molecule is C[C@H]1CNCC[C@H]1c1cc(F)cc2ccoc12.Cl. The summed E-state index contributed by atoms with van der Waals surface area (Å²) in [7, 11) is 0. The molecule has 0 radical (unpaired) electrons. The Balaban J connectivity index is 0.00000120. The number of hydrogen-bond acceptors (Lipinski definition) is 2. The van der Waals surface area contributed by atoms with Gasteiger partial charge in [0.1, 0.15) is 11.4 Å². The first-order valence-corrected chi connectivity index (χ1v) is 6.13. The Morgan fingerprint density at radius 1 is 1.39 bits per heavy atom. The minimum Gasteiger partial charge on any atom is -0.464 e. The normalized spacial score (nSPS) is 23.9. The van der Waals surface area contributed by atoms with Crippen LogP contribution in [0, 0.1) is 11.7 Å². The molecule has 1 aromatic heterocycles. The monoisotopic (exact) mass is 269 g/mol. The van der Waals surface area contributed by atoms with Gasteiger partial charge in [-0.2, -0.15) is 0 Å². The molecule has 0 unspecified atom stereocenters. The first kappa shape index (κ1) is 13.4. The smallest absolute Gasteiger partial charge is 0.137 e. The van der Waals surface area contributed by atoms with E-state index in [9.17, 15) is 4.39 Å². The predicted molar refractivity (Wildman–Crippen MR) is 72.8 cm³/mol. The lowest BCUT2D eigenvalue weighted by molar-refractivity contribution is 0.348. The van der Waals surface area contributed by atoms with Gasteiger partial charge in [-0.1, -0.05) is 6.92 Å². The zero-order valence-electron chi connectivity index (χ0n) is 10.3. The van der Waals surface area contributed by atoms with Gasteiger partial charge < -0.3 is 9.73 Å². The van der Waals surface area contributed by atoms with Crippen molar-refractivity contribution in [2.75, 3.05) is 13.1 Å².